The highest BCUT2D eigenvalue weighted by Crippen LogP contribution is 1.99. The average Bonchev–Trinajstić information content (AvgIpc) is 2.44. The summed E-state index contributed by atoms with van der Waals surface area (Å²) in [6.45, 7) is 4.10. The third-order valence-corrected chi connectivity index (χ3v) is 2.36. The summed E-state index contributed by atoms with van der Waals surface area (Å²) in [6.07, 6.45) is 1.68. The van der Waals surface area contributed by atoms with E-state index in [4.69, 9.17) is 9.47 Å². The minimum absolute atomic E-state index is 0.315. The molecule has 0 bridgehead atoms. The molecule has 0 saturated carbocycles. The zero-order valence-corrected chi connectivity index (χ0v) is 11.7. The number of benzene rings is 1. The van der Waals surface area contributed by atoms with Gasteiger partial charge in [-0.25, -0.2) is 9.59 Å². The molecule has 1 aromatic rings. The molecule has 0 aromatic heterocycles. The number of carbonyl (C=O) groups excluding carboxylic acids is 2. The van der Waals surface area contributed by atoms with Crippen LogP contribution in [0.1, 0.15) is 19.4 Å². The number of hydrogen-bond acceptors (Lipinski definition) is 4. The maximum Gasteiger partial charge on any atom is 0.407 e. The first-order valence-corrected chi connectivity index (χ1v) is 6.45. The molecule has 0 spiro atoms. The first-order chi connectivity index (χ1) is 9.61. The number of carbonyl (C=O) groups is 2. The summed E-state index contributed by atoms with van der Waals surface area (Å²) in [5, 5.41) is 2.63. The Labute approximate surface area is 118 Å². The molecule has 1 N–H and O–H groups in total. The highest BCUT2D eigenvalue weighted by Gasteiger charge is 2.06. The molecule has 108 valence electrons. The van der Waals surface area contributed by atoms with Gasteiger partial charge in [-0.15, -0.1) is 0 Å². The lowest BCUT2D eigenvalue weighted by Gasteiger charge is -2.10. The summed E-state index contributed by atoms with van der Waals surface area (Å²) in [5.41, 5.74) is 0.985. The lowest BCUT2D eigenvalue weighted by molar-refractivity contribution is -0.137. The number of esters is 1. The van der Waals surface area contributed by atoms with Crippen molar-refractivity contribution < 1.29 is 19.1 Å². The summed E-state index contributed by atoms with van der Waals surface area (Å²) in [6, 6.07) is 9.51. The second-order valence-corrected chi connectivity index (χ2v) is 4.06. The zero-order chi connectivity index (χ0) is 14.8. The SMILES string of the molecule is CCOC(=O)C=CC(C)OC(=O)NCc1ccccc1. The van der Waals surface area contributed by atoms with Crippen LogP contribution < -0.4 is 5.32 Å². The highest BCUT2D eigenvalue weighted by atomic mass is 16.6. The van der Waals surface area contributed by atoms with Gasteiger partial charge in [0.15, 0.2) is 0 Å². The minimum Gasteiger partial charge on any atom is -0.463 e. The van der Waals surface area contributed by atoms with Crippen molar-refractivity contribution >= 4 is 12.1 Å². The normalized spacial score (nSPS) is 11.9. The molecule has 0 aliphatic rings. The van der Waals surface area contributed by atoms with Crippen LogP contribution in [0, 0.1) is 0 Å². The number of alkyl carbamates (subject to hydrolysis) is 1. The van der Waals surface area contributed by atoms with Crippen LogP contribution in [-0.4, -0.2) is 24.8 Å². The van der Waals surface area contributed by atoms with Crippen LogP contribution in [0.2, 0.25) is 0 Å². The Morgan fingerprint density at radius 1 is 1.30 bits per heavy atom. The van der Waals surface area contributed by atoms with Crippen LogP contribution in [0.5, 0.6) is 0 Å². The van der Waals surface area contributed by atoms with E-state index in [9.17, 15) is 9.59 Å². The summed E-state index contributed by atoms with van der Waals surface area (Å²) in [4.78, 5) is 22.6. The van der Waals surface area contributed by atoms with Crippen LogP contribution in [0.3, 0.4) is 0 Å². The monoisotopic (exact) mass is 277 g/mol. The van der Waals surface area contributed by atoms with E-state index in [1.165, 1.54) is 12.2 Å². The van der Waals surface area contributed by atoms with E-state index in [2.05, 4.69) is 5.32 Å². The molecule has 0 heterocycles. The molecule has 0 aliphatic carbocycles. The van der Waals surface area contributed by atoms with E-state index in [0.29, 0.717) is 13.2 Å². The molecule has 0 radical (unpaired) electrons. The molecule has 1 rings (SSSR count). The fourth-order valence-corrected chi connectivity index (χ4v) is 1.42. The smallest absolute Gasteiger partial charge is 0.407 e. The van der Waals surface area contributed by atoms with Gasteiger partial charge in [-0.05, 0) is 25.5 Å². The molecule has 0 aliphatic heterocycles. The summed E-state index contributed by atoms with van der Waals surface area (Å²) in [5.74, 6) is -0.451. The highest BCUT2D eigenvalue weighted by molar-refractivity contribution is 5.82. The van der Waals surface area contributed by atoms with E-state index in [1.54, 1.807) is 13.8 Å². The third kappa shape index (κ3) is 6.58. The van der Waals surface area contributed by atoms with Crippen LogP contribution in [0.4, 0.5) is 4.79 Å². The largest absolute Gasteiger partial charge is 0.463 e. The molecule has 5 heteroatoms. The lowest BCUT2D eigenvalue weighted by atomic mass is 10.2. The van der Waals surface area contributed by atoms with Gasteiger partial charge in [0.05, 0.1) is 6.61 Å². The molecular weight excluding hydrogens is 258 g/mol. The number of amides is 1. The van der Waals surface area contributed by atoms with Crippen molar-refractivity contribution in [1.29, 1.82) is 0 Å². The quantitative estimate of drug-likeness (QED) is 0.640. The zero-order valence-electron chi connectivity index (χ0n) is 11.7. The summed E-state index contributed by atoms with van der Waals surface area (Å²) < 4.78 is 9.78. The number of hydrogen-bond donors (Lipinski definition) is 1. The Balaban J connectivity index is 2.29. The van der Waals surface area contributed by atoms with E-state index >= 15 is 0 Å². The van der Waals surface area contributed by atoms with Crippen LogP contribution in [0.25, 0.3) is 0 Å². The maximum absolute atomic E-state index is 11.5. The van der Waals surface area contributed by atoms with Crippen molar-refractivity contribution in [3.63, 3.8) is 0 Å². The topological polar surface area (TPSA) is 64.6 Å². The maximum atomic E-state index is 11.5. The fraction of sp³-hybridized carbons (Fsp3) is 0.333. The Kier molecular flexibility index (Phi) is 6.89. The van der Waals surface area contributed by atoms with E-state index in [-0.39, 0.29) is 0 Å². The third-order valence-electron chi connectivity index (χ3n) is 2.36. The van der Waals surface area contributed by atoms with Crippen molar-refractivity contribution in [1.82, 2.24) is 5.32 Å². The van der Waals surface area contributed by atoms with Crippen molar-refractivity contribution in [2.24, 2.45) is 0 Å². The standard InChI is InChI=1S/C15H19NO4/c1-3-19-14(17)10-9-12(2)20-15(18)16-11-13-7-5-4-6-8-13/h4-10,12H,3,11H2,1-2H3,(H,16,18). The van der Waals surface area contributed by atoms with Gasteiger partial charge in [0, 0.05) is 12.6 Å². The van der Waals surface area contributed by atoms with Crippen LogP contribution in [-0.2, 0) is 20.8 Å². The second kappa shape index (κ2) is 8.74. The average molecular weight is 277 g/mol. The van der Waals surface area contributed by atoms with Crippen LogP contribution in [0.15, 0.2) is 42.5 Å². The van der Waals surface area contributed by atoms with Crippen LogP contribution >= 0.6 is 0 Å². The molecule has 0 saturated heterocycles. The predicted molar refractivity (Wildman–Crippen MR) is 75.0 cm³/mol. The molecule has 20 heavy (non-hydrogen) atoms. The van der Waals surface area contributed by atoms with E-state index in [1.807, 2.05) is 30.3 Å². The van der Waals surface area contributed by atoms with Crippen molar-refractivity contribution in [2.75, 3.05) is 6.61 Å². The molecule has 1 amide bonds. The number of ether oxygens (including phenoxy) is 2. The molecule has 1 atom stereocenters. The van der Waals surface area contributed by atoms with Crippen molar-refractivity contribution in [3.8, 4) is 0 Å². The molecular formula is C15H19NO4. The molecule has 0 fully saturated rings. The first-order valence-electron chi connectivity index (χ1n) is 6.45. The van der Waals surface area contributed by atoms with Gasteiger partial charge in [-0.3, -0.25) is 0 Å². The molecule has 5 nitrogen and oxygen atoms in total. The van der Waals surface area contributed by atoms with Crippen molar-refractivity contribution in [2.45, 2.75) is 26.5 Å². The van der Waals surface area contributed by atoms with E-state index < -0.39 is 18.2 Å². The van der Waals surface area contributed by atoms with Crippen molar-refractivity contribution in [3.05, 3.63) is 48.0 Å². The predicted octanol–water partition coefficient (Wildman–Crippen LogP) is 2.42. The molecule has 1 aromatic carbocycles. The molecule has 1 unspecified atom stereocenters. The number of rotatable bonds is 6. The van der Waals surface area contributed by atoms with Gasteiger partial charge in [0.1, 0.15) is 6.10 Å². The van der Waals surface area contributed by atoms with Gasteiger partial charge < -0.3 is 14.8 Å². The van der Waals surface area contributed by atoms with Gasteiger partial charge in [-0.2, -0.15) is 0 Å². The fourth-order valence-electron chi connectivity index (χ4n) is 1.42. The van der Waals surface area contributed by atoms with Gasteiger partial charge in [0.2, 0.25) is 0 Å². The second-order valence-electron chi connectivity index (χ2n) is 4.06. The van der Waals surface area contributed by atoms with Gasteiger partial charge in [0.25, 0.3) is 0 Å². The Bertz CT molecular complexity index is 456. The van der Waals surface area contributed by atoms with Gasteiger partial charge >= 0.3 is 12.1 Å². The lowest BCUT2D eigenvalue weighted by Crippen LogP contribution is -2.26. The summed E-state index contributed by atoms with van der Waals surface area (Å²) in [7, 11) is 0. The first kappa shape index (κ1) is 15.8. The Morgan fingerprint density at radius 3 is 2.65 bits per heavy atom. The van der Waals surface area contributed by atoms with E-state index in [0.717, 1.165) is 5.56 Å². The number of nitrogens with one attached hydrogen (secondary N) is 1. The Morgan fingerprint density at radius 2 is 2.00 bits per heavy atom. The van der Waals surface area contributed by atoms with Gasteiger partial charge in [-0.1, -0.05) is 30.3 Å². The summed E-state index contributed by atoms with van der Waals surface area (Å²) >= 11 is 0. The Hall–Kier alpha value is -2.30. The minimum atomic E-state index is -0.533.